The molecule has 18 heavy (non-hydrogen) atoms. The third-order valence-electron chi connectivity index (χ3n) is 3.36. The van der Waals surface area contributed by atoms with Crippen molar-refractivity contribution >= 4 is 21.8 Å². The first-order chi connectivity index (χ1) is 8.66. The number of amides is 1. The average Bonchev–Trinajstić information content (AvgIpc) is 2.40. The molecule has 1 aliphatic heterocycles. The predicted octanol–water partition coefficient (Wildman–Crippen LogP) is 2.77. The normalized spacial score (nSPS) is 21.3. The molecule has 1 heterocycles. The zero-order chi connectivity index (χ0) is 13.0. The molecule has 0 saturated carbocycles. The van der Waals surface area contributed by atoms with Crippen molar-refractivity contribution in [1.82, 2.24) is 10.6 Å². The van der Waals surface area contributed by atoms with E-state index in [1.165, 1.54) is 6.42 Å². The fourth-order valence-electron chi connectivity index (χ4n) is 2.22. The number of halogens is 1. The Labute approximate surface area is 116 Å². The maximum Gasteiger partial charge on any atom is 0.237 e. The molecule has 0 radical (unpaired) electrons. The summed E-state index contributed by atoms with van der Waals surface area (Å²) < 4.78 is 1.05. The fourth-order valence-corrected chi connectivity index (χ4v) is 2.49. The van der Waals surface area contributed by atoms with Crippen LogP contribution in [0.4, 0.5) is 0 Å². The molecule has 1 amide bonds. The van der Waals surface area contributed by atoms with Gasteiger partial charge in [-0.3, -0.25) is 4.79 Å². The molecule has 0 aliphatic carbocycles. The van der Waals surface area contributed by atoms with Gasteiger partial charge in [0.15, 0.2) is 0 Å². The first-order valence-electron chi connectivity index (χ1n) is 6.46. The van der Waals surface area contributed by atoms with Crippen LogP contribution in [0, 0.1) is 0 Å². The molecule has 1 saturated heterocycles. The van der Waals surface area contributed by atoms with Gasteiger partial charge in [0, 0.05) is 4.47 Å². The number of nitrogens with one attached hydrogen (secondary N) is 2. The second-order valence-corrected chi connectivity index (χ2v) is 5.70. The molecule has 0 unspecified atom stereocenters. The molecular weight excluding hydrogens is 292 g/mol. The van der Waals surface area contributed by atoms with Gasteiger partial charge in [-0.25, -0.2) is 0 Å². The largest absolute Gasteiger partial charge is 0.348 e. The van der Waals surface area contributed by atoms with Gasteiger partial charge in [-0.05, 0) is 44.0 Å². The molecule has 0 spiro atoms. The minimum atomic E-state index is -0.0170. The Hall–Kier alpha value is -0.870. The zero-order valence-electron chi connectivity index (χ0n) is 10.6. The third kappa shape index (κ3) is 3.56. The number of carbonyl (C=O) groups is 1. The highest BCUT2D eigenvalue weighted by Crippen LogP contribution is 2.17. The van der Waals surface area contributed by atoms with Crippen LogP contribution >= 0.6 is 15.9 Å². The van der Waals surface area contributed by atoms with Crippen LogP contribution in [0.2, 0.25) is 0 Å². The van der Waals surface area contributed by atoms with E-state index in [0.717, 1.165) is 29.4 Å². The van der Waals surface area contributed by atoms with E-state index in [0.29, 0.717) is 0 Å². The maximum atomic E-state index is 12.1. The summed E-state index contributed by atoms with van der Waals surface area (Å²) in [4.78, 5) is 12.1. The summed E-state index contributed by atoms with van der Waals surface area (Å²) in [6, 6.07) is 8.09. The topological polar surface area (TPSA) is 41.1 Å². The number of hydrogen-bond acceptors (Lipinski definition) is 2. The van der Waals surface area contributed by atoms with E-state index in [9.17, 15) is 4.79 Å². The Morgan fingerprint density at radius 1 is 1.39 bits per heavy atom. The number of piperidine rings is 1. The summed E-state index contributed by atoms with van der Waals surface area (Å²) in [5.74, 6) is 0.116. The van der Waals surface area contributed by atoms with Crippen LogP contribution in [0.3, 0.4) is 0 Å². The molecule has 4 heteroatoms. The van der Waals surface area contributed by atoms with E-state index < -0.39 is 0 Å². The highest BCUT2D eigenvalue weighted by Gasteiger charge is 2.21. The Kier molecular flexibility index (Phi) is 4.78. The lowest BCUT2D eigenvalue weighted by Crippen LogP contribution is -2.47. The molecule has 98 valence electrons. The lowest BCUT2D eigenvalue weighted by atomic mass is 10.0. The second kappa shape index (κ2) is 6.34. The molecule has 1 aromatic rings. The molecule has 1 fully saturated rings. The standard InChI is InChI=1S/C14H19BrN2O/c1-10(11-5-7-12(15)8-6-11)17-14(18)13-4-2-3-9-16-13/h5-8,10,13,16H,2-4,9H2,1H3,(H,17,18)/t10-,13-/m1/s1. The van der Waals surface area contributed by atoms with Gasteiger partial charge in [0.25, 0.3) is 0 Å². The zero-order valence-corrected chi connectivity index (χ0v) is 12.2. The van der Waals surface area contributed by atoms with Crippen molar-refractivity contribution in [3.8, 4) is 0 Å². The van der Waals surface area contributed by atoms with E-state index in [1.807, 2.05) is 31.2 Å². The van der Waals surface area contributed by atoms with Crippen molar-refractivity contribution in [2.24, 2.45) is 0 Å². The predicted molar refractivity (Wildman–Crippen MR) is 76.3 cm³/mol. The lowest BCUT2D eigenvalue weighted by Gasteiger charge is -2.24. The summed E-state index contributed by atoms with van der Waals surface area (Å²) in [7, 11) is 0. The summed E-state index contributed by atoms with van der Waals surface area (Å²) in [5.41, 5.74) is 1.13. The fraction of sp³-hybridized carbons (Fsp3) is 0.500. The Morgan fingerprint density at radius 3 is 2.72 bits per heavy atom. The van der Waals surface area contributed by atoms with Gasteiger partial charge < -0.3 is 10.6 Å². The van der Waals surface area contributed by atoms with Crippen molar-refractivity contribution < 1.29 is 4.79 Å². The highest BCUT2D eigenvalue weighted by atomic mass is 79.9. The van der Waals surface area contributed by atoms with Crippen molar-refractivity contribution in [2.75, 3.05) is 6.54 Å². The monoisotopic (exact) mass is 310 g/mol. The van der Waals surface area contributed by atoms with Gasteiger partial charge in [-0.1, -0.05) is 34.5 Å². The van der Waals surface area contributed by atoms with Gasteiger partial charge >= 0.3 is 0 Å². The summed E-state index contributed by atoms with van der Waals surface area (Å²) in [6.07, 6.45) is 3.25. The molecule has 2 atom stereocenters. The minimum absolute atomic E-state index is 0.0170. The van der Waals surface area contributed by atoms with Crippen LogP contribution in [-0.4, -0.2) is 18.5 Å². The Morgan fingerprint density at radius 2 is 2.11 bits per heavy atom. The van der Waals surface area contributed by atoms with Crippen molar-refractivity contribution in [1.29, 1.82) is 0 Å². The number of rotatable bonds is 3. The molecule has 2 rings (SSSR count). The van der Waals surface area contributed by atoms with Crippen LogP contribution in [0.5, 0.6) is 0 Å². The highest BCUT2D eigenvalue weighted by molar-refractivity contribution is 9.10. The molecule has 2 N–H and O–H groups in total. The molecular formula is C14H19BrN2O. The van der Waals surface area contributed by atoms with Crippen molar-refractivity contribution in [3.63, 3.8) is 0 Å². The smallest absolute Gasteiger partial charge is 0.237 e. The van der Waals surface area contributed by atoms with Crippen molar-refractivity contribution in [3.05, 3.63) is 34.3 Å². The first-order valence-corrected chi connectivity index (χ1v) is 7.25. The van der Waals surface area contributed by atoms with Gasteiger partial charge in [0.1, 0.15) is 0 Å². The molecule has 1 aromatic carbocycles. The van der Waals surface area contributed by atoms with Gasteiger partial charge in [0.2, 0.25) is 5.91 Å². The number of benzene rings is 1. The lowest BCUT2D eigenvalue weighted by molar-refractivity contribution is -0.124. The summed E-state index contributed by atoms with van der Waals surface area (Å²) in [5, 5.41) is 6.33. The number of hydrogen-bond donors (Lipinski definition) is 2. The molecule has 3 nitrogen and oxygen atoms in total. The van der Waals surface area contributed by atoms with Gasteiger partial charge in [-0.15, -0.1) is 0 Å². The van der Waals surface area contributed by atoms with E-state index in [4.69, 9.17) is 0 Å². The van der Waals surface area contributed by atoms with E-state index in [1.54, 1.807) is 0 Å². The van der Waals surface area contributed by atoms with Gasteiger partial charge in [0.05, 0.1) is 12.1 Å². The molecule has 0 aromatic heterocycles. The Bertz CT molecular complexity index is 399. The summed E-state index contributed by atoms with van der Waals surface area (Å²) in [6.45, 7) is 2.97. The van der Waals surface area contributed by atoms with E-state index in [-0.39, 0.29) is 18.0 Å². The summed E-state index contributed by atoms with van der Waals surface area (Å²) >= 11 is 3.41. The van der Waals surface area contributed by atoms with E-state index in [2.05, 4.69) is 26.6 Å². The van der Waals surface area contributed by atoms with Crippen molar-refractivity contribution in [2.45, 2.75) is 38.3 Å². The quantitative estimate of drug-likeness (QED) is 0.901. The van der Waals surface area contributed by atoms with Gasteiger partial charge in [-0.2, -0.15) is 0 Å². The second-order valence-electron chi connectivity index (χ2n) is 4.78. The first kappa shape index (κ1) is 13.6. The number of carbonyl (C=O) groups excluding carboxylic acids is 1. The van der Waals surface area contributed by atoms with Crippen LogP contribution in [-0.2, 0) is 4.79 Å². The average molecular weight is 311 g/mol. The SMILES string of the molecule is C[C@@H](NC(=O)[C@H]1CCCCN1)c1ccc(Br)cc1. The van der Waals surface area contributed by atoms with E-state index >= 15 is 0 Å². The maximum absolute atomic E-state index is 12.1. The molecule has 0 bridgehead atoms. The Balaban J connectivity index is 1.91. The van der Waals surface area contributed by atoms with Crippen LogP contribution in [0.15, 0.2) is 28.7 Å². The molecule has 1 aliphatic rings. The minimum Gasteiger partial charge on any atom is -0.348 e. The third-order valence-corrected chi connectivity index (χ3v) is 3.88. The van der Waals surface area contributed by atoms with Crippen LogP contribution < -0.4 is 10.6 Å². The van der Waals surface area contributed by atoms with Crippen LogP contribution in [0.25, 0.3) is 0 Å². The van der Waals surface area contributed by atoms with Crippen LogP contribution in [0.1, 0.15) is 37.8 Å².